The first-order valence-corrected chi connectivity index (χ1v) is 11.2. The second-order valence-corrected chi connectivity index (χ2v) is 8.54. The molecule has 1 N–H and O–H groups in total. The standard InChI is InChI=1S/C26H19F6N3O3/c1-34(17-9-12-21-20(13-17)25(29,30)26(31,32)38-21)24(36)35-14-19(15-5-3-2-4-6-15)22(33-35)16-7-10-18(11-8-16)37-23(27)28/h2-13,23,33H,14H2,1H3. The van der Waals surface area contributed by atoms with Crippen molar-refractivity contribution >= 4 is 23.0 Å². The molecule has 0 aromatic heterocycles. The Hall–Kier alpha value is -4.35. The molecule has 38 heavy (non-hydrogen) atoms. The van der Waals surface area contributed by atoms with Gasteiger partial charge >= 0.3 is 24.7 Å². The number of nitrogens with one attached hydrogen (secondary N) is 1. The van der Waals surface area contributed by atoms with Gasteiger partial charge in [-0.3, -0.25) is 10.3 Å². The number of rotatable bonds is 5. The van der Waals surface area contributed by atoms with E-state index in [1.807, 2.05) is 18.2 Å². The van der Waals surface area contributed by atoms with Gasteiger partial charge in [-0.1, -0.05) is 30.3 Å². The monoisotopic (exact) mass is 535 g/mol. The smallest absolute Gasteiger partial charge is 0.435 e. The highest BCUT2D eigenvalue weighted by Crippen LogP contribution is 2.54. The van der Waals surface area contributed by atoms with E-state index in [-0.39, 0.29) is 18.0 Å². The molecule has 5 rings (SSSR count). The Morgan fingerprint density at radius 1 is 1.00 bits per heavy atom. The number of hydrogen-bond donors (Lipinski definition) is 1. The first-order chi connectivity index (χ1) is 18.0. The van der Waals surface area contributed by atoms with Crippen LogP contribution in [0, 0.1) is 0 Å². The zero-order valence-electron chi connectivity index (χ0n) is 19.6. The van der Waals surface area contributed by atoms with Crippen LogP contribution in [0.4, 0.5) is 36.8 Å². The largest absolute Gasteiger partial charge is 0.469 e. The Bertz CT molecular complexity index is 1400. The number of hydrogen-bond acceptors (Lipinski definition) is 4. The SMILES string of the molecule is CN(C(=O)N1CC(c2ccccc2)=C(c2ccc(OC(F)F)cc2)N1)c1ccc2c(c1)C(F)(F)C(F)(F)O2. The third-order valence-corrected chi connectivity index (χ3v) is 6.17. The zero-order valence-corrected chi connectivity index (χ0v) is 19.6. The van der Waals surface area contributed by atoms with Gasteiger partial charge in [0.05, 0.1) is 17.8 Å². The Balaban J connectivity index is 1.42. The minimum atomic E-state index is -4.70. The van der Waals surface area contributed by atoms with Crippen molar-refractivity contribution in [3.8, 4) is 11.5 Å². The number of alkyl halides is 6. The second kappa shape index (κ2) is 9.19. The van der Waals surface area contributed by atoms with Crippen LogP contribution in [0.2, 0.25) is 0 Å². The molecule has 3 aromatic rings. The highest BCUT2D eigenvalue weighted by atomic mass is 19.3. The molecule has 0 saturated carbocycles. The molecule has 0 unspecified atom stereocenters. The number of urea groups is 1. The summed E-state index contributed by atoms with van der Waals surface area (Å²) >= 11 is 0. The van der Waals surface area contributed by atoms with Crippen LogP contribution in [0.3, 0.4) is 0 Å². The molecule has 2 aliphatic rings. The summed E-state index contributed by atoms with van der Waals surface area (Å²) in [6.07, 6.45) is -4.70. The third kappa shape index (κ3) is 4.35. The number of nitrogens with zero attached hydrogens (tertiary/aromatic N) is 2. The number of hydrazine groups is 1. The molecule has 0 atom stereocenters. The maximum absolute atomic E-state index is 14.2. The van der Waals surface area contributed by atoms with Crippen molar-refractivity contribution < 1.29 is 40.6 Å². The van der Waals surface area contributed by atoms with E-state index >= 15 is 0 Å². The van der Waals surface area contributed by atoms with Gasteiger partial charge in [0.25, 0.3) is 0 Å². The molecule has 0 radical (unpaired) electrons. The van der Waals surface area contributed by atoms with Gasteiger partial charge in [-0.15, -0.1) is 0 Å². The average Bonchev–Trinajstić information content (AvgIpc) is 3.40. The molecule has 198 valence electrons. The quantitative estimate of drug-likeness (QED) is 0.389. The number of carbonyl (C=O) groups excluding carboxylic acids is 1. The maximum Gasteiger partial charge on any atom is 0.469 e. The van der Waals surface area contributed by atoms with Crippen molar-refractivity contribution in [2.24, 2.45) is 0 Å². The summed E-state index contributed by atoms with van der Waals surface area (Å²) in [4.78, 5) is 14.4. The number of carbonyl (C=O) groups is 1. The molecular weight excluding hydrogens is 516 g/mol. The average molecular weight is 535 g/mol. The topological polar surface area (TPSA) is 54.0 Å². The maximum atomic E-state index is 14.2. The summed E-state index contributed by atoms with van der Waals surface area (Å²) in [6, 6.07) is 17.2. The molecule has 0 saturated heterocycles. The molecule has 0 aliphatic carbocycles. The lowest BCUT2D eigenvalue weighted by Gasteiger charge is -2.26. The Morgan fingerprint density at radius 3 is 2.34 bits per heavy atom. The molecular formula is C26H19F6N3O3. The zero-order chi connectivity index (χ0) is 27.2. The Labute approximate surface area is 212 Å². The third-order valence-electron chi connectivity index (χ3n) is 6.17. The van der Waals surface area contributed by atoms with Crippen LogP contribution < -0.4 is 19.8 Å². The highest BCUT2D eigenvalue weighted by Gasteiger charge is 2.66. The van der Waals surface area contributed by atoms with Crippen LogP contribution in [-0.2, 0) is 5.92 Å². The van der Waals surface area contributed by atoms with Crippen LogP contribution in [0.1, 0.15) is 16.7 Å². The highest BCUT2D eigenvalue weighted by molar-refractivity contribution is 5.99. The van der Waals surface area contributed by atoms with Crippen molar-refractivity contribution in [1.82, 2.24) is 10.4 Å². The lowest BCUT2D eigenvalue weighted by molar-refractivity contribution is -0.296. The second-order valence-electron chi connectivity index (χ2n) is 8.54. The van der Waals surface area contributed by atoms with E-state index in [4.69, 9.17) is 0 Å². The fourth-order valence-electron chi connectivity index (χ4n) is 4.22. The van der Waals surface area contributed by atoms with E-state index in [9.17, 15) is 31.1 Å². The number of anilines is 1. The van der Waals surface area contributed by atoms with Gasteiger partial charge in [-0.2, -0.15) is 26.3 Å². The molecule has 2 aliphatic heterocycles. The van der Waals surface area contributed by atoms with Crippen LogP contribution in [0.5, 0.6) is 11.5 Å². The summed E-state index contributed by atoms with van der Waals surface area (Å²) in [5, 5.41) is 1.22. The van der Waals surface area contributed by atoms with E-state index in [1.165, 1.54) is 30.3 Å². The molecule has 2 heterocycles. The Kier molecular flexibility index (Phi) is 6.12. The van der Waals surface area contributed by atoms with Crippen LogP contribution in [0.25, 0.3) is 11.3 Å². The summed E-state index contributed by atoms with van der Waals surface area (Å²) in [5.41, 5.74) is 4.46. The number of amides is 2. The normalized spacial score (nSPS) is 17.2. The molecule has 3 aromatic carbocycles. The number of halogens is 6. The molecule has 6 nitrogen and oxygen atoms in total. The molecule has 0 fully saturated rings. The molecule has 0 bridgehead atoms. The molecule has 2 amide bonds. The van der Waals surface area contributed by atoms with E-state index in [1.54, 1.807) is 24.3 Å². The predicted molar refractivity (Wildman–Crippen MR) is 126 cm³/mol. The molecule has 12 heteroatoms. The van der Waals surface area contributed by atoms with Gasteiger partial charge in [0.1, 0.15) is 11.5 Å². The van der Waals surface area contributed by atoms with Gasteiger partial charge in [-0.25, -0.2) is 9.80 Å². The van der Waals surface area contributed by atoms with Crippen molar-refractivity contribution in [3.05, 3.63) is 89.5 Å². The van der Waals surface area contributed by atoms with Crippen molar-refractivity contribution in [1.29, 1.82) is 0 Å². The van der Waals surface area contributed by atoms with Crippen LogP contribution in [-0.4, -0.2) is 37.4 Å². The summed E-state index contributed by atoms with van der Waals surface area (Å²) in [5.74, 6) is -5.28. The van der Waals surface area contributed by atoms with Crippen molar-refractivity contribution in [2.75, 3.05) is 18.5 Å². The summed E-state index contributed by atoms with van der Waals surface area (Å²) < 4.78 is 89.2. The Morgan fingerprint density at radius 2 is 1.68 bits per heavy atom. The van der Waals surface area contributed by atoms with Gasteiger partial charge < -0.3 is 9.47 Å². The number of fused-ring (bicyclic) bond motifs is 1. The van der Waals surface area contributed by atoms with Gasteiger partial charge in [-0.05, 0) is 48.0 Å². The van der Waals surface area contributed by atoms with Crippen LogP contribution >= 0.6 is 0 Å². The van der Waals surface area contributed by atoms with Gasteiger partial charge in [0.2, 0.25) is 0 Å². The van der Waals surface area contributed by atoms with E-state index in [0.717, 1.165) is 22.6 Å². The van der Waals surface area contributed by atoms with Gasteiger partial charge in [0.15, 0.2) is 0 Å². The lowest BCUT2D eigenvalue weighted by atomic mass is 10.0. The van der Waals surface area contributed by atoms with E-state index in [0.29, 0.717) is 16.8 Å². The number of benzene rings is 3. The fraction of sp³-hybridized carbons (Fsp3) is 0.192. The fourth-order valence-corrected chi connectivity index (χ4v) is 4.22. The van der Waals surface area contributed by atoms with Crippen LogP contribution in [0.15, 0.2) is 72.8 Å². The van der Waals surface area contributed by atoms with Crippen molar-refractivity contribution in [3.63, 3.8) is 0 Å². The predicted octanol–water partition coefficient (Wildman–Crippen LogP) is 6.31. The number of ether oxygens (including phenoxy) is 2. The molecule has 0 spiro atoms. The summed E-state index contributed by atoms with van der Waals surface area (Å²) in [7, 11) is 1.31. The van der Waals surface area contributed by atoms with E-state index in [2.05, 4.69) is 14.9 Å². The van der Waals surface area contributed by atoms with Gasteiger partial charge in [0, 0.05) is 23.9 Å². The minimum Gasteiger partial charge on any atom is -0.435 e. The lowest BCUT2D eigenvalue weighted by Crippen LogP contribution is -2.45. The van der Waals surface area contributed by atoms with Crippen molar-refractivity contribution in [2.45, 2.75) is 18.6 Å². The first kappa shape index (κ1) is 25.3. The van der Waals surface area contributed by atoms with E-state index < -0.39 is 36.0 Å². The first-order valence-electron chi connectivity index (χ1n) is 11.2. The minimum absolute atomic E-state index is 0.0424. The summed E-state index contributed by atoms with van der Waals surface area (Å²) in [6.45, 7) is -2.93.